The second-order valence-electron chi connectivity index (χ2n) is 2.40. The van der Waals surface area contributed by atoms with Gasteiger partial charge in [0.15, 0.2) is 0 Å². The molecule has 0 nitrogen and oxygen atoms in total. The van der Waals surface area contributed by atoms with E-state index < -0.39 is 0 Å². The van der Waals surface area contributed by atoms with Crippen LogP contribution in [-0.4, -0.2) is 6.10 Å². The number of halogens is 1. The van der Waals surface area contributed by atoms with Crippen LogP contribution in [0.2, 0.25) is 0 Å². The first-order valence-electron chi connectivity index (χ1n) is 3.25. The van der Waals surface area contributed by atoms with Crippen molar-refractivity contribution in [1.82, 2.24) is 0 Å². The summed E-state index contributed by atoms with van der Waals surface area (Å²) in [6.07, 6.45) is 1.95. The van der Waals surface area contributed by atoms with E-state index in [1.807, 2.05) is 6.10 Å². The zero-order valence-corrected chi connectivity index (χ0v) is 7.77. The van der Waals surface area contributed by atoms with E-state index in [9.17, 15) is 0 Å². The third-order valence-electron chi connectivity index (χ3n) is 1.76. The summed E-state index contributed by atoms with van der Waals surface area (Å²) in [5.74, 6) is 0. The molecule has 0 saturated heterocycles. The van der Waals surface area contributed by atoms with Gasteiger partial charge in [-0.3, -0.25) is 0 Å². The molecule has 0 spiro atoms. The summed E-state index contributed by atoms with van der Waals surface area (Å²) in [7, 11) is 0. The van der Waals surface area contributed by atoms with E-state index in [1.54, 1.807) is 0 Å². The molecule has 10 heavy (non-hydrogen) atoms. The molecular formula is C8H9BBr. The second-order valence-corrected chi connectivity index (χ2v) is 2.86. The third-order valence-corrected chi connectivity index (χ3v) is 2.26. The Labute approximate surface area is 70.9 Å². The summed E-state index contributed by atoms with van der Waals surface area (Å²) < 4.78 is 0. The van der Waals surface area contributed by atoms with Crippen molar-refractivity contribution >= 4 is 27.3 Å². The normalized spacial score (nSPS) is 9.50. The molecule has 0 fully saturated rings. The van der Waals surface area contributed by atoms with E-state index in [1.165, 1.54) is 16.6 Å². The van der Waals surface area contributed by atoms with Crippen molar-refractivity contribution in [3.05, 3.63) is 29.3 Å². The van der Waals surface area contributed by atoms with Gasteiger partial charge < -0.3 is 0 Å². The van der Waals surface area contributed by atoms with Crippen molar-refractivity contribution in [3.8, 4) is 0 Å². The van der Waals surface area contributed by atoms with Crippen molar-refractivity contribution in [2.75, 3.05) is 0 Å². The maximum absolute atomic E-state index is 3.32. The van der Waals surface area contributed by atoms with Gasteiger partial charge in [0.2, 0.25) is 6.10 Å². The highest BCUT2D eigenvalue weighted by Crippen LogP contribution is 2.02. The van der Waals surface area contributed by atoms with E-state index in [4.69, 9.17) is 0 Å². The van der Waals surface area contributed by atoms with Crippen molar-refractivity contribution in [3.63, 3.8) is 0 Å². The fourth-order valence-corrected chi connectivity index (χ4v) is 1.39. The molecule has 1 aromatic rings. The minimum absolute atomic E-state index is 1.26. The monoisotopic (exact) mass is 195 g/mol. The molecule has 0 heterocycles. The highest BCUT2D eigenvalue weighted by Gasteiger charge is 1.97. The van der Waals surface area contributed by atoms with Gasteiger partial charge in [-0.2, -0.15) is 15.8 Å². The minimum Gasteiger partial charge on any atom is -0.158 e. The first kappa shape index (κ1) is 7.87. The first-order chi connectivity index (χ1) is 4.75. The van der Waals surface area contributed by atoms with E-state index in [-0.39, 0.29) is 0 Å². The molecule has 0 aromatic heterocycles. The average molecular weight is 196 g/mol. The van der Waals surface area contributed by atoms with Crippen molar-refractivity contribution in [2.45, 2.75) is 13.8 Å². The highest BCUT2D eigenvalue weighted by molar-refractivity contribution is 9.23. The molecule has 0 unspecified atom stereocenters. The van der Waals surface area contributed by atoms with E-state index in [0.717, 1.165) is 0 Å². The van der Waals surface area contributed by atoms with Gasteiger partial charge in [0.05, 0.1) is 0 Å². The molecule has 1 radical (unpaired) electrons. The summed E-state index contributed by atoms with van der Waals surface area (Å²) in [5.41, 5.74) is 3.95. The number of benzene rings is 1. The van der Waals surface area contributed by atoms with Crippen LogP contribution in [0.4, 0.5) is 0 Å². The van der Waals surface area contributed by atoms with E-state index in [2.05, 4.69) is 47.8 Å². The summed E-state index contributed by atoms with van der Waals surface area (Å²) in [6, 6.07) is 6.28. The molecule has 51 valence electrons. The van der Waals surface area contributed by atoms with Crippen LogP contribution in [0.15, 0.2) is 18.2 Å². The van der Waals surface area contributed by atoms with Gasteiger partial charge in [0, 0.05) is 0 Å². The topological polar surface area (TPSA) is 0 Å². The van der Waals surface area contributed by atoms with Crippen LogP contribution in [0.1, 0.15) is 11.1 Å². The van der Waals surface area contributed by atoms with Gasteiger partial charge in [-0.25, -0.2) is 0 Å². The fourth-order valence-electron chi connectivity index (χ4n) is 0.892. The van der Waals surface area contributed by atoms with Crippen molar-refractivity contribution < 1.29 is 0 Å². The number of rotatable bonds is 1. The Bertz CT molecular complexity index is 233. The maximum Gasteiger partial charge on any atom is 0.243 e. The van der Waals surface area contributed by atoms with Crippen LogP contribution >= 0.6 is 15.8 Å². The number of hydrogen-bond donors (Lipinski definition) is 0. The van der Waals surface area contributed by atoms with Crippen molar-refractivity contribution in [2.24, 2.45) is 0 Å². The van der Waals surface area contributed by atoms with Crippen LogP contribution in [0.5, 0.6) is 0 Å². The van der Waals surface area contributed by atoms with Crippen LogP contribution in [0.3, 0.4) is 0 Å². The second kappa shape index (κ2) is 3.24. The van der Waals surface area contributed by atoms with Crippen LogP contribution in [-0.2, 0) is 0 Å². The summed E-state index contributed by atoms with van der Waals surface area (Å²) >= 11 is 3.32. The molecular weight excluding hydrogens is 187 g/mol. The van der Waals surface area contributed by atoms with Gasteiger partial charge in [-0.15, -0.1) is 0 Å². The van der Waals surface area contributed by atoms with Crippen LogP contribution < -0.4 is 5.46 Å². The lowest BCUT2D eigenvalue weighted by Crippen LogP contribution is -2.12. The summed E-state index contributed by atoms with van der Waals surface area (Å²) in [6.45, 7) is 4.25. The number of hydrogen-bond acceptors (Lipinski definition) is 0. The van der Waals surface area contributed by atoms with Gasteiger partial charge in [-0.05, 0) is 19.4 Å². The molecule has 0 N–H and O–H groups in total. The Hall–Kier alpha value is -0.235. The lowest BCUT2D eigenvalue weighted by molar-refractivity contribution is 1.37. The van der Waals surface area contributed by atoms with Crippen LogP contribution in [0, 0.1) is 13.8 Å². The van der Waals surface area contributed by atoms with Gasteiger partial charge in [-0.1, -0.05) is 29.2 Å². The SMILES string of the molecule is Cc1cccc([B]Br)c1C. The molecule has 1 rings (SSSR count). The van der Waals surface area contributed by atoms with Gasteiger partial charge in [0.25, 0.3) is 0 Å². The Kier molecular flexibility index (Phi) is 2.55. The lowest BCUT2D eigenvalue weighted by atomic mass is 9.89. The molecule has 0 aliphatic carbocycles. The highest BCUT2D eigenvalue weighted by atomic mass is 79.9. The average Bonchev–Trinajstić information content (AvgIpc) is 1.95. The zero-order valence-electron chi connectivity index (χ0n) is 6.19. The molecule has 0 atom stereocenters. The molecule has 0 saturated carbocycles. The Balaban J connectivity index is 3.14. The molecule has 0 amide bonds. The molecule has 0 aliphatic rings. The van der Waals surface area contributed by atoms with Crippen LogP contribution in [0.25, 0.3) is 0 Å². The van der Waals surface area contributed by atoms with Gasteiger partial charge >= 0.3 is 0 Å². The predicted octanol–water partition coefficient (Wildman–Crippen LogP) is 1.94. The van der Waals surface area contributed by atoms with E-state index >= 15 is 0 Å². The molecule has 1 aromatic carbocycles. The third kappa shape index (κ3) is 1.43. The van der Waals surface area contributed by atoms with E-state index in [0.29, 0.717) is 0 Å². The Morgan fingerprint density at radius 2 is 2.00 bits per heavy atom. The smallest absolute Gasteiger partial charge is 0.158 e. The maximum atomic E-state index is 3.32. The predicted molar refractivity (Wildman–Crippen MR) is 50.2 cm³/mol. The Morgan fingerprint density at radius 3 is 2.50 bits per heavy atom. The molecule has 0 aliphatic heterocycles. The largest absolute Gasteiger partial charge is 0.243 e. The summed E-state index contributed by atoms with van der Waals surface area (Å²) in [4.78, 5) is 0. The quantitative estimate of drug-likeness (QED) is 0.602. The number of aryl methyl sites for hydroxylation is 1. The first-order valence-corrected chi connectivity index (χ1v) is 4.17. The molecule has 2 heteroatoms. The summed E-state index contributed by atoms with van der Waals surface area (Å²) in [5, 5.41) is 0. The van der Waals surface area contributed by atoms with Gasteiger partial charge in [0.1, 0.15) is 0 Å². The van der Waals surface area contributed by atoms with Crippen molar-refractivity contribution in [1.29, 1.82) is 0 Å². The standard InChI is InChI=1S/C8H9BBr/c1-6-4-3-5-8(9-10)7(6)2/h3-5H,1-2H3. The Morgan fingerprint density at radius 1 is 1.30 bits per heavy atom. The minimum atomic E-state index is 1.26. The lowest BCUT2D eigenvalue weighted by Gasteiger charge is -2.03. The molecule has 0 bridgehead atoms. The zero-order chi connectivity index (χ0) is 7.56. The fraction of sp³-hybridized carbons (Fsp3) is 0.250.